The van der Waals surface area contributed by atoms with E-state index in [0.29, 0.717) is 16.8 Å². The zero-order valence-electron chi connectivity index (χ0n) is 14.2. The largest absolute Gasteiger partial charge is 0.389 e. The predicted molar refractivity (Wildman–Crippen MR) is 90.8 cm³/mol. The van der Waals surface area contributed by atoms with Crippen LogP contribution in [-0.2, 0) is 12.3 Å². The topological polar surface area (TPSA) is 75.3 Å². The predicted octanol–water partition coefficient (Wildman–Crippen LogP) is 2.63. The number of hydrogen-bond acceptors (Lipinski definition) is 5. The number of alkyl halides is 4. The van der Waals surface area contributed by atoms with Crippen molar-refractivity contribution in [2.75, 3.05) is 18.0 Å². The minimum absolute atomic E-state index is 0.138. The van der Waals surface area contributed by atoms with Crippen LogP contribution >= 0.6 is 0 Å². The molecule has 0 spiro atoms. The summed E-state index contributed by atoms with van der Waals surface area (Å²) in [4.78, 5) is 10.1. The third-order valence-corrected chi connectivity index (χ3v) is 5.02. The average molecular weight is 382 g/mol. The SMILES string of the molecule is NC(c1ccc(-c2nc(N3CC(O)C3)nc3c2CCC3(F)F)cc1)C(F)F. The molecule has 5 nitrogen and oxygen atoms in total. The number of nitrogens with zero attached hydrogens (tertiary/aromatic N) is 3. The van der Waals surface area contributed by atoms with Gasteiger partial charge in [0, 0.05) is 30.6 Å². The van der Waals surface area contributed by atoms with Crippen molar-refractivity contribution in [3.63, 3.8) is 0 Å². The number of aliphatic hydroxyl groups is 1. The number of aliphatic hydroxyl groups excluding tert-OH is 1. The van der Waals surface area contributed by atoms with Crippen molar-refractivity contribution in [2.45, 2.75) is 37.3 Å². The highest BCUT2D eigenvalue weighted by molar-refractivity contribution is 5.67. The van der Waals surface area contributed by atoms with Gasteiger partial charge >= 0.3 is 0 Å². The molecular weight excluding hydrogens is 364 g/mol. The van der Waals surface area contributed by atoms with Gasteiger partial charge in [0.25, 0.3) is 12.3 Å². The summed E-state index contributed by atoms with van der Waals surface area (Å²) in [6.45, 7) is 0.567. The standard InChI is InChI=1S/C18H18F4N4O/c19-16(20)13(23)9-1-3-10(4-2-9)14-12-5-6-18(21,22)15(12)25-17(24-14)26-7-11(27)8-26/h1-4,11,13,16,27H,5-8,23H2. The molecule has 4 rings (SSSR count). The van der Waals surface area contributed by atoms with Crippen LogP contribution in [0, 0.1) is 0 Å². The Morgan fingerprint density at radius 3 is 2.41 bits per heavy atom. The second-order valence-corrected chi connectivity index (χ2v) is 6.94. The van der Waals surface area contributed by atoms with Gasteiger partial charge in [-0.25, -0.2) is 18.7 Å². The van der Waals surface area contributed by atoms with Gasteiger partial charge in [-0.15, -0.1) is 0 Å². The maximum absolute atomic E-state index is 14.3. The summed E-state index contributed by atoms with van der Waals surface area (Å²) in [5.74, 6) is -2.90. The first-order valence-corrected chi connectivity index (χ1v) is 8.62. The number of nitrogens with two attached hydrogens (primary N) is 1. The van der Waals surface area contributed by atoms with Crippen LogP contribution in [0.15, 0.2) is 24.3 Å². The van der Waals surface area contributed by atoms with Crippen LogP contribution < -0.4 is 10.6 Å². The number of β-amino-alcohol motifs (C(OH)–C–C–N with tert-alkyl or cyclic N) is 1. The summed E-state index contributed by atoms with van der Waals surface area (Å²) >= 11 is 0. The Kier molecular flexibility index (Phi) is 4.31. The average Bonchev–Trinajstić information content (AvgIpc) is 2.93. The summed E-state index contributed by atoms with van der Waals surface area (Å²) < 4.78 is 54.1. The Labute approximate surface area is 152 Å². The van der Waals surface area contributed by atoms with Gasteiger partial charge in [-0.3, -0.25) is 0 Å². The highest BCUT2D eigenvalue weighted by atomic mass is 19.3. The van der Waals surface area contributed by atoms with E-state index in [9.17, 15) is 22.7 Å². The lowest BCUT2D eigenvalue weighted by atomic mass is 10.0. The number of halogens is 4. The number of benzene rings is 1. The summed E-state index contributed by atoms with van der Waals surface area (Å²) in [6, 6.07) is 4.64. The van der Waals surface area contributed by atoms with Crippen LogP contribution in [0.25, 0.3) is 11.3 Å². The van der Waals surface area contributed by atoms with Gasteiger partial charge < -0.3 is 15.7 Å². The molecule has 0 saturated carbocycles. The lowest BCUT2D eigenvalue weighted by Gasteiger charge is -2.36. The van der Waals surface area contributed by atoms with E-state index in [1.165, 1.54) is 12.1 Å². The molecule has 9 heteroatoms. The quantitative estimate of drug-likeness (QED) is 0.796. The molecule has 1 fully saturated rings. The van der Waals surface area contributed by atoms with E-state index in [1.54, 1.807) is 17.0 Å². The van der Waals surface area contributed by atoms with E-state index in [2.05, 4.69) is 9.97 Å². The number of fused-ring (bicyclic) bond motifs is 1. The van der Waals surface area contributed by atoms with E-state index in [4.69, 9.17) is 5.73 Å². The zero-order valence-corrected chi connectivity index (χ0v) is 14.2. The van der Waals surface area contributed by atoms with Crippen molar-refractivity contribution >= 4 is 5.95 Å². The summed E-state index contributed by atoms with van der Waals surface area (Å²) in [6.07, 6.45) is -3.42. The molecule has 144 valence electrons. The van der Waals surface area contributed by atoms with Crippen LogP contribution in [0.4, 0.5) is 23.5 Å². The van der Waals surface area contributed by atoms with E-state index >= 15 is 0 Å². The molecule has 1 aliphatic heterocycles. The molecular formula is C18H18F4N4O. The highest BCUT2D eigenvalue weighted by Gasteiger charge is 2.44. The van der Waals surface area contributed by atoms with Crippen molar-refractivity contribution in [1.82, 2.24) is 9.97 Å². The summed E-state index contributed by atoms with van der Waals surface area (Å²) in [5, 5.41) is 9.47. The lowest BCUT2D eigenvalue weighted by molar-refractivity contribution is -0.00597. The number of rotatable bonds is 4. The molecule has 27 heavy (non-hydrogen) atoms. The fourth-order valence-electron chi connectivity index (χ4n) is 3.42. The van der Waals surface area contributed by atoms with Crippen molar-refractivity contribution in [3.05, 3.63) is 41.1 Å². The first-order chi connectivity index (χ1) is 12.8. The molecule has 2 heterocycles. The Morgan fingerprint density at radius 1 is 1.15 bits per heavy atom. The van der Waals surface area contributed by atoms with Crippen molar-refractivity contribution < 1.29 is 22.7 Å². The van der Waals surface area contributed by atoms with Crippen LogP contribution in [-0.4, -0.2) is 40.7 Å². The second kappa shape index (κ2) is 6.42. The Morgan fingerprint density at radius 2 is 1.81 bits per heavy atom. The Balaban J connectivity index is 1.76. The molecule has 2 aliphatic rings. The van der Waals surface area contributed by atoms with Gasteiger partial charge in [0.2, 0.25) is 5.95 Å². The first-order valence-electron chi connectivity index (χ1n) is 8.62. The first kappa shape index (κ1) is 18.1. The van der Waals surface area contributed by atoms with Crippen LogP contribution in [0.1, 0.15) is 29.3 Å². The third-order valence-electron chi connectivity index (χ3n) is 5.02. The fourth-order valence-corrected chi connectivity index (χ4v) is 3.42. The highest BCUT2D eigenvalue weighted by Crippen LogP contribution is 2.44. The molecule has 1 aromatic carbocycles. The van der Waals surface area contributed by atoms with E-state index in [-0.39, 0.29) is 43.1 Å². The molecule has 0 radical (unpaired) electrons. The van der Waals surface area contributed by atoms with Gasteiger partial charge in [-0.2, -0.15) is 8.78 Å². The molecule has 2 aromatic rings. The smallest absolute Gasteiger partial charge is 0.290 e. The minimum Gasteiger partial charge on any atom is -0.389 e. The molecule has 0 bridgehead atoms. The molecule has 1 aromatic heterocycles. The lowest BCUT2D eigenvalue weighted by Crippen LogP contribution is -2.51. The van der Waals surface area contributed by atoms with Crippen molar-refractivity contribution in [2.24, 2.45) is 5.73 Å². The van der Waals surface area contributed by atoms with Crippen molar-refractivity contribution in [1.29, 1.82) is 0 Å². The number of hydrogen-bond donors (Lipinski definition) is 2. The maximum atomic E-state index is 14.3. The minimum atomic E-state index is -3.04. The van der Waals surface area contributed by atoms with Gasteiger partial charge in [0.05, 0.1) is 17.8 Å². The second-order valence-electron chi connectivity index (χ2n) is 6.94. The molecule has 1 unspecified atom stereocenters. The Bertz CT molecular complexity index is 853. The van der Waals surface area contributed by atoms with Crippen LogP contribution in [0.2, 0.25) is 0 Å². The summed E-state index contributed by atoms with van der Waals surface area (Å²) in [7, 11) is 0. The molecule has 1 aliphatic carbocycles. The number of anilines is 1. The van der Waals surface area contributed by atoms with E-state index < -0.39 is 24.5 Å². The Hall–Kier alpha value is -2.26. The van der Waals surface area contributed by atoms with Crippen LogP contribution in [0.3, 0.4) is 0 Å². The zero-order chi connectivity index (χ0) is 19.3. The maximum Gasteiger partial charge on any atom is 0.290 e. The van der Waals surface area contributed by atoms with E-state index in [0.717, 1.165) is 0 Å². The van der Waals surface area contributed by atoms with Gasteiger partial charge in [0.1, 0.15) is 5.69 Å². The van der Waals surface area contributed by atoms with Gasteiger partial charge in [-0.1, -0.05) is 24.3 Å². The van der Waals surface area contributed by atoms with Crippen molar-refractivity contribution in [3.8, 4) is 11.3 Å². The fraction of sp³-hybridized carbons (Fsp3) is 0.444. The van der Waals surface area contributed by atoms with Gasteiger partial charge in [-0.05, 0) is 12.0 Å². The molecule has 0 amide bonds. The molecule has 1 atom stereocenters. The summed E-state index contributed by atoms with van der Waals surface area (Å²) in [5.41, 5.74) is 6.69. The molecule has 1 saturated heterocycles. The molecule has 3 N–H and O–H groups in total. The normalized spacial score (nSPS) is 19.9. The monoisotopic (exact) mass is 382 g/mol. The van der Waals surface area contributed by atoms with Crippen LogP contribution in [0.5, 0.6) is 0 Å². The van der Waals surface area contributed by atoms with Gasteiger partial charge in [0.15, 0.2) is 0 Å². The number of aromatic nitrogens is 2. The van der Waals surface area contributed by atoms with E-state index in [1.807, 2.05) is 0 Å². The third kappa shape index (κ3) is 3.14.